The number of nitrogens with two attached hydrogens (primary N) is 1. The van der Waals surface area contributed by atoms with Gasteiger partial charge in [-0.3, -0.25) is 0 Å². The van der Waals surface area contributed by atoms with Crippen LogP contribution in [0.1, 0.15) is 12.8 Å². The number of halogens is 1. The number of hydrogen-bond donors (Lipinski definition) is 1. The van der Waals surface area contributed by atoms with Crippen molar-refractivity contribution >= 4 is 0 Å². The molecule has 1 aliphatic heterocycles. The summed E-state index contributed by atoms with van der Waals surface area (Å²) in [6.07, 6.45) is 1.57. The standard InChI is InChI=1S/C7H15FN2/c1-10-4-2-3-7(8,5-9)6-10/h2-6,9H2,1H3. The van der Waals surface area contributed by atoms with Crippen molar-refractivity contribution in [1.29, 1.82) is 0 Å². The van der Waals surface area contributed by atoms with Crippen molar-refractivity contribution < 1.29 is 4.39 Å². The first kappa shape index (κ1) is 7.95. The van der Waals surface area contributed by atoms with Gasteiger partial charge < -0.3 is 10.6 Å². The van der Waals surface area contributed by atoms with Crippen LogP contribution in [0.2, 0.25) is 0 Å². The van der Waals surface area contributed by atoms with Gasteiger partial charge in [0.1, 0.15) is 5.67 Å². The minimum Gasteiger partial charge on any atom is -0.327 e. The summed E-state index contributed by atoms with van der Waals surface area (Å²) in [7, 11) is 1.93. The summed E-state index contributed by atoms with van der Waals surface area (Å²) in [6, 6.07) is 0. The Morgan fingerprint density at radius 1 is 1.70 bits per heavy atom. The molecule has 0 aliphatic carbocycles. The van der Waals surface area contributed by atoms with Gasteiger partial charge >= 0.3 is 0 Å². The normalized spacial score (nSPS) is 36.3. The van der Waals surface area contributed by atoms with E-state index < -0.39 is 5.67 Å². The monoisotopic (exact) mass is 146 g/mol. The predicted octanol–water partition coefficient (Wildman–Crippen LogP) is 0.379. The Labute approximate surface area is 61.2 Å². The number of piperidine rings is 1. The maximum absolute atomic E-state index is 13.4. The molecule has 0 amide bonds. The maximum Gasteiger partial charge on any atom is 0.135 e. The highest BCUT2D eigenvalue weighted by Crippen LogP contribution is 2.22. The highest BCUT2D eigenvalue weighted by Gasteiger charge is 2.32. The van der Waals surface area contributed by atoms with Crippen LogP contribution in [0.3, 0.4) is 0 Å². The minimum atomic E-state index is -1.10. The third-order valence-corrected chi connectivity index (χ3v) is 2.08. The van der Waals surface area contributed by atoms with Crippen LogP contribution in [-0.4, -0.2) is 37.3 Å². The van der Waals surface area contributed by atoms with Gasteiger partial charge in [0, 0.05) is 13.1 Å². The van der Waals surface area contributed by atoms with Crippen LogP contribution in [-0.2, 0) is 0 Å². The second-order valence-electron chi connectivity index (χ2n) is 3.20. The lowest BCUT2D eigenvalue weighted by Gasteiger charge is -2.34. The molecule has 1 rings (SSSR count). The van der Waals surface area contributed by atoms with Crippen molar-refractivity contribution in [1.82, 2.24) is 4.90 Å². The number of nitrogens with zero attached hydrogens (tertiary/aromatic N) is 1. The van der Waals surface area contributed by atoms with Crippen molar-refractivity contribution in [3.8, 4) is 0 Å². The molecule has 1 unspecified atom stereocenters. The largest absolute Gasteiger partial charge is 0.327 e. The Morgan fingerprint density at radius 2 is 2.40 bits per heavy atom. The Balaban J connectivity index is 2.45. The molecule has 1 heterocycles. The minimum absolute atomic E-state index is 0.164. The summed E-state index contributed by atoms with van der Waals surface area (Å²) >= 11 is 0. The van der Waals surface area contributed by atoms with Crippen molar-refractivity contribution in [3.05, 3.63) is 0 Å². The Bertz CT molecular complexity index is 118. The smallest absolute Gasteiger partial charge is 0.135 e. The molecule has 10 heavy (non-hydrogen) atoms. The lowest BCUT2D eigenvalue weighted by atomic mass is 9.95. The summed E-state index contributed by atoms with van der Waals surface area (Å²) in [6.45, 7) is 1.67. The summed E-state index contributed by atoms with van der Waals surface area (Å²) in [5, 5.41) is 0. The molecule has 1 aliphatic rings. The predicted molar refractivity (Wildman–Crippen MR) is 39.6 cm³/mol. The van der Waals surface area contributed by atoms with Gasteiger partial charge in [-0.25, -0.2) is 4.39 Å². The van der Waals surface area contributed by atoms with Crippen LogP contribution >= 0.6 is 0 Å². The van der Waals surface area contributed by atoms with Crippen LogP contribution in [0, 0.1) is 0 Å². The zero-order valence-corrected chi connectivity index (χ0v) is 6.44. The molecule has 0 spiro atoms. The van der Waals surface area contributed by atoms with E-state index in [0.29, 0.717) is 13.0 Å². The highest BCUT2D eigenvalue weighted by molar-refractivity contribution is 4.87. The Morgan fingerprint density at radius 3 is 2.80 bits per heavy atom. The number of likely N-dealkylation sites (tertiary alicyclic amines) is 1. The lowest BCUT2D eigenvalue weighted by Crippen LogP contribution is -2.47. The van der Waals surface area contributed by atoms with E-state index in [-0.39, 0.29) is 6.54 Å². The van der Waals surface area contributed by atoms with Gasteiger partial charge in [0.25, 0.3) is 0 Å². The lowest BCUT2D eigenvalue weighted by molar-refractivity contribution is 0.0665. The molecule has 1 atom stereocenters. The number of rotatable bonds is 1. The molecule has 2 nitrogen and oxygen atoms in total. The third-order valence-electron chi connectivity index (χ3n) is 2.08. The van der Waals surface area contributed by atoms with Crippen LogP contribution in [0.25, 0.3) is 0 Å². The molecule has 0 saturated carbocycles. The van der Waals surface area contributed by atoms with Gasteiger partial charge in [0.2, 0.25) is 0 Å². The summed E-state index contributed by atoms with van der Waals surface area (Å²) < 4.78 is 13.4. The van der Waals surface area contributed by atoms with E-state index in [4.69, 9.17) is 5.73 Å². The molecule has 2 N–H and O–H groups in total. The zero-order chi connectivity index (χ0) is 7.61. The first-order chi connectivity index (χ1) is 4.66. The molecule has 60 valence electrons. The number of alkyl halides is 1. The second kappa shape index (κ2) is 2.84. The first-order valence-corrected chi connectivity index (χ1v) is 3.74. The van der Waals surface area contributed by atoms with E-state index in [0.717, 1.165) is 13.0 Å². The van der Waals surface area contributed by atoms with Crippen LogP contribution in [0.4, 0.5) is 4.39 Å². The fourth-order valence-electron chi connectivity index (χ4n) is 1.47. The van der Waals surface area contributed by atoms with E-state index in [2.05, 4.69) is 0 Å². The van der Waals surface area contributed by atoms with E-state index in [1.807, 2.05) is 11.9 Å². The van der Waals surface area contributed by atoms with Gasteiger partial charge in [-0.05, 0) is 26.4 Å². The van der Waals surface area contributed by atoms with E-state index in [9.17, 15) is 4.39 Å². The fraction of sp³-hybridized carbons (Fsp3) is 1.00. The van der Waals surface area contributed by atoms with Crippen molar-refractivity contribution in [2.75, 3.05) is 26.7 Å². The molecule has 0 radical (unpaired) electrons. The molecule has 1 saturated heterocycles. The summed E-state index contributed by atoms with van der Waals surface area (Å²) in [5.41, 5.74) is 4.19. The van der Waals surface area contributed by atoms with Crippen LogP contribution in [0.5, 0.6) is 0 Å². The van der Waals surface area contributed by atoms with Gasteiger partial charge in [-0.2, -0.15) is 0 Å². The summed E-state index contributed by atoms with van der Waals surface area (Å²) in [5.74, 6) is 0. The van der Waals surface area contributed by atoms with E-state index >= 15 is 0 Å². The second-order valence-corrected chi connectivity index (χ2v) is 3.20. The molecule has 0 aromatic rings. The molecular formula is C7H15FN2. The molecule has 1 fully saturated rings. The number of hydrogen-bond acceptors (Lipinski definition) is 2. The van der Waals surface area contributed by atoms with Gasteiger partial charge in [0.15, 0.2) is 0 Å². The summed E-state index contributed by atoms with van der Waals surface area (Å²) in [4.78, 5) is 2.00. The molecular weight excluding hydrogens is 131 g/mol. The van der Waals surface area contributed by atoms with E-state index in [1.54, 1.807) is 0 Å². The maximum atomic E-state index is 13.4. The van der Waals surface area contributed by atoms with Crippen LogP contribution in [0.15, 0.2) is 0 Å². The SMILES string of the molecule is CN1CCCC(F)(CN)C1. The van der Waals surface area contributed by atoms with Crippen molar-refractivity contribution in [2.45, 2.75) is 18.5 Å². The van der Waals surface area contributed by atoms with Crippen molar-refractivity contribution in [2.24, 2.45) is 5.73 Å². The average molecular weight is 146 g/mol. The topological polar surface area (TPSA) is 29.3 Å². The molecule has 0 aromatic carbocycles. The van der Waals surface area contributed by atoms with E-state index in [1.165, 1.54) is 0 Å². The Kier molecular flexibility index (Phi) is 2.26. The fourth-order valence-corrected chi connectivity index (χ4v) is 1.47. The zero-order valence-electron chi connectivity index (χ0n) is 6.44. The quantitative estimate of drug-likeness (QED) is 0.579. The van der Waals surface area contributed by atoms with Gasteiger partial charge in [-0.15, -0.1) is 0 Å². The van der Waals surface area contributed by atoms with Crippen LogP contribution < -0.4 is 5.73 Å². The molecule has 3 heteroatoms. The first-order valence-electron chi connectivity index (χ1n) is 3.74. The Hall–Kier alpha value is -0.150. The molecule has 0 bridgehead atoms. The van der Waals surface area contributed by atoms with Crippen molar-refractivity contribution in [3.63, 3.8) is 0 Å². The van der Waals surface area contributed by atoms with Gasteiger partial charge in [0.05, 0.1) is 0 Å². The molecule has 0 aromatic heterocycles. The highest BCUT2D eigenvalue weighted by atomic mass is 19.1. The average Bonchev–Trinajstić information content (AvgIpc) is 1.88. The third kappa shape index (κ3) is 1.67. The van der Waals surface area contributed by atoms with Gasteiger partial charge in [-0.1, -0.05) is 0 Å².